The van der Waals surface area contributed by atoms with Gasteiger partial charge >= 0.3 is 19.4 Å². The van der Waals surface area contributed by atoms with Gasteiger partial charge in [-0.25, -0.2) is 9.36 Å². The van der Waals surface area contributed by atoms with E-state index in [9.17, 15) is 14.2 Å². The van der Waals surface area contributed by atoms with Crippen LogP contribution < -0.4 is 21.0 Å². The molecule has 3 aromatic rings. The zero-order chi connectivity index (χ0) is 30.3. The van der Waals surface area contributed by atoms with Crippen LogP contribution in [0.5, 0.6) is 5.75 Å². The van der Waals surface area contributed by atoms with Crippen LogP contribution in [0.25, 0.3) is 10.8 Å². The van der Waals surface area contributed by atoms with Gasteiger partial charge in [0.15, 0.2) is 12.0 Å². The fourth-order valence-electron chi connectivity index (χ4n) is 5.34. The molecule has 2 aliphatic rings. The van der Waals surface area contributed by atoms with E-state index in [0.717, 1.165) is 5.39 Å². The van der Waals surface area contributed by atoms with Gasteiger partial charge in [-0.1, -0.05) is 36.4 Å². The summed E-state index contributed by atoms with van der Waals surface area (Å²) in [5, 5.41) is 4.25. The first-order valence-corrected chi connectivity index (χ1v) is 15.1. The number of anilines is 1. The summed E-state index contributed by atoms with van der Waals surface area (Å²) < 4.78 is 51.3. The van der Waals surface area contributed by atoms with E-state index in [2.05, 4.69) is 10.1 Å². The summed E-state index contributed by atoms with van der Waals surface area (Å²) in [6.07, 6.45) is -1.11. The first kappa shape index (κ1) is 30.1. The monoisotopic (exact) mass is 602 g/mol. The number of esters is 1. The number of ether oxygens (including phenoxy) is 4. The van der Waals surface area contributed by atoms with E-state index < -0.39 is 55.3 Å². The number of hydrogen-bond donors (Lipinski definition) is 2. The lowest BCUT2D eigenvalue weighted by Crippen LogP contribution is -2.45. The standard InChI is InChI=1S/C28H35N4O9P/c1-6-36-24(33)17(2)31-42(35,40-20-13-9-11-18-10-7-8-12-19(18)20)37-16-21-23-28(5,41-27(3,4)39-23)25(38-21)32-15-14-22(29)30-26(32)34/h7-15,17,21,23,25H,6,16H2,1-5H3,(H,31,35)(H2,29,30,34)/t17-,21+,23+,25+,28+,42?/m0/s1. The Hall–Kier alpha value is -3.32. The van der Waals surface area contributed by atoms with Crippen LogP contribution >= 0.6 is 7.75 Å². The van der Waals surface area contributed by atoms with E-state index in [0.29, 0.717) is 5.39 Å². The summed E-state index contributed by atoms with van der Waals surface area (Å²) in [6, 6.07) is 13.2. The molecule has 6 atom stereocenters. The maximum atomic E-state index is 14.3. The van der Waals surface area contributed by atoms with Crippen molar-refractivity contribution in [3.63, 3.8) is 0 Å². The Labute approximate surface area is 242 Å². The molecule has 3 heterocycles. The molecule has 42 heavy (non-hydrogen) atoms. The maximum absolute atomic E-state index is 14.3. The Morgan fingerprint density at radius 1 is 1.19 bits per heavy atom. The number of benzene rings is 2. The van der Waals surface area contributed by atoms with Crippen LogP contribution in [0.1, 0.15) is 40.8 Å². The van der Waals surface area contributed by atoms with Gasteiger partial charge < -0.3 is 29.2 Å². The van der Waals surface area contributed by atoms with Crippen molar-refractivity contribution < 1.29 is 37.4 Å². The van der Waals surface area contributed by atoms with Crippen LogP contribution in [0.15, 0.2) is 59.5 Å². The van der Waals surface area contributed by atoms with Crippen LogP contribution in [0.3, 0.4) is 0 Å². The molecule has 14 heteroatoms. The number of carbonyl (C=O) groups excluding carboxylic acids is 1. The molecule has 2 fully saturated rings. The zero-order valence-corrected chi connectivity index (χ0v) is 24.9. The van der Waals surface area contributed by atoms with Crippen molar-refractivity contribution in [2.24, 2.45) is 0 Å². The highest BCUT2D eigenvalue weighted by Crippen LogP contribution is 2.53. The average Bonchev–Trinajstić information content (AvgIpc) is 3.32. The molecule has 0 amide bonds. The maximum Gasteiger partial charge on any atom is 0.459 e. The van der Waals surface area contributed by atoms with Gasteiger partial charge in [0, 0.05) is 11.6 Å². The van der Waals surface area contributed by atoms with Crippen molar-refractivity contribution in [2.75, 3.05) is 18.9 Å². The van der Waals surface area contributed by atoms with Gasteiger partial charge in [-0.2, -0.15) is 10.1 Å². The summed E-state index contributed by atoms with van der Waals surface area (Å²) in [4.78, 5) is 29.0. The van der Waals surface area contributed by atoms with Crippen LogP contribution in [0.2, 0.25) is 0 Å². The molecule has 2 aromatic carbocycles. The van der Waals surface area contributed by atoms with Gasteiger partial charge in [-0.05, 0) is 52.1 Å². The lowest BCUT2D eigenvalue weighted by molar-refractivity contribution is -0.217. The molecule has 1 unspecified atom stereocenters. The Balaban J connectivity index is 1.44. The molecule has 226 valence electrons. The molecule has 1 aromatic heterocycles. The number of hydrogen-bond acceptors (Lipinski definition) is 11. The lowest BCUT2D eigenvalue weighted by atomic mass is 9.96. The molecule has 0 saturated carbocycles. The van der Waals surface area contributed by atoms with Crippen LogP contribution in [0, 0.1) is 0 Å². The third-order valence-electron chi connectivity index (χ3n) is 7.05. The number of nitrogen functional groups attached to an aromatic ring is 1. The summed E-state index contributed by atoms with van der Waals surface area (Å²) in [5.74, 6) is -1.30. The third-order valence-corrected chi connectivity index (χ3v) is 8.68. The molecule has 2 saturated heterocycles. The minimum Gasteiger partial charge on any atom is -0.465 e. The normalized spacial score (nSPS) is 26.8. The minimum atomic E-state index is -4.25. The van der Waals surface area contributed by atoms with Gasteiger partial charge in [0.1, 0.15) is 35.4 Å². The number of nitrogens with one attached hydrogen (secondary N) is 1. The highest BCUT2D eigenvalue weighted by Gasteiger charge is 2.64. The third kappa shape index (κ3) is 5.94. The van der Waals surface area contributed by atoms with Crippen molar-refractivity contribution in [3.05, 3.63) is 65.2 Å². The Morgan fingerprint density at radius 3 is 2.67 bits per heavy atom. The summed E-state index contributed by atoms with van der Waals surface area (Å²) >= 11 is 0. The number of fused-ring (bicyclic) bond motifs is 2. The predicted octanol–water partition coefficient (Wildman–Crippen LogP) is 3.53. The lowest BCUT2D eigenvalue weighted by Gasteiger charge is -2.30. The van der Waals surface area contributed by atoms with E-state index >= 15 is 0 Å². The summed E-state index contributed by atoms with van der Waals surface area (Å²) in [5.41, 5.74) is 3.90. The second kappa shape index (κ2) is 11.4. The number of nitrogens with zero attached hydrogens (tertiary/aromatic N) is 2. The highest BCUT2D eigenvalue weighted by atomic mass is 31.2. The van der Waals surface area contributed by atoms with Crippen molar-refractivity contribution in [2.45, 2.75) is 70.5 Å². The molecule has 0 aliphatic carbocycles. The molecule has 0 bridgehead atoms. The average molecular weight is 603 g/mol. The second-order valence-electron chi connectivity index (χ2n) is 10.8. The van der Waals surface area contributed by atoms with Crippen LogP contribution in [-0.4, -0.2) is 58.4 Å². The Bertz CT molecular complexity index is 1570. The largest absolute Gasteiger partial charge is 0.465 e. The summed E-state index contributed by atoms with van der Waals surface area (Å²) in [7, 11) is -4.25. The van der Waals surface area contributed by atoms with Gasteiger partial charge in [-0.3, -0.25) is 13.9 Å². The smallest absolute Gasteiger partial charge is 0.459 e. The molecular formula is C28H35N4O9P. The van der Waals surface area contributed by atoms with E-state index in [4.69, 9.17) is 33.7 Å². The first-order valence-electron chi connectivity index (χ1n) is 13.6. The van der Waals surface area contributed by atoms with Crippen LogP contribution in [0.4, 0.5) is 5.82 Å². The van der Waals surface area contributed by atoms with Crippen molar-refractivity contribution in [1.29, 1.82) is 0 Å². The SMILES string of the molecule is CCOC(=O)[C@H](C)NP(=O)(OC[C@H]1O[C@@H](n2ccc(N)nc2=O)[C@]2(C)OC(C)(C)O[C@H]12)Oc1cccc2ccccc12. The topological polar surface area (TPSA) is 162 Å². The van der Waals surface area contributed by atoms with Gasteiger partial charge in [0.25, 0.3) is 0 Å². The highest BCUT2D eigenvalue weighted by molar-refractivity contribution is 7.52. The van der Waals surface area contributed by atoms with Crippen LogP contribution in [-0.2, 0) is 32.8 Å². The van der Waals surface area contributed by atoms with Gasteiger partial charge in [0.2, 0.25) is 0 Å². The molecule has 3 N–H and O–H groups in total. The van der Waals surface area contributed by atoms with Gasteiger partial charge in [0.05, 0.1) is 13.2 Å². The van der Waals surface area contributed by atoms with Crippen molar-refractivity contribution >= 4 is 30.3 Å². The zero-order valence-electron chi connectivity index (χ0n) is 24.0. The molecule has 0 radical (unpaired) electrons. The fraction of sp³-hybridized carbons (Fsp3) is 0.464. The van der Waals surface area contributed by atoms with E-state index in [1.54, 1.807) is 39.8 Å². The number of nitrogens with two attached hydrogens (primary N) is 1. The fourth-order valence-corrected chi connectivity index (χ4v) is 6.86. The molecule has 2 aliphatic heterocycles. The molecule has 5 rings (SSSR count). The van der Waals surface area contributed by atoms with E-state index in [1.807, 2.05) is 30.3 Å². The van der Waals surface area contributed by atoms with E-state index in [1.165, 1.54) is 23.8 Å². The number of carbonyl (C=O) groups is 1. The number of aromatic nitrogens is 2. The molecule has 0 spiro atoms. The Morgan fingerprint density at radius 2 is 1.93 bits per heavy atom. The Kier molecular flexibility index (Phi) is 8.18. The second-order valence-corrected chi connectivity index (χ2v) is 12.5. The summed E-state index contributed by atoms with van der Waals surface area (Å²) in [6.45, 7) is 8.25. The molecule has 13 nitrogen and oxygen atoms in total. The number of rotatable bonds is 10. The van der Waals surface area contributed by atoms with Gasteiger partial charge in [-0.15, -0.1) is 0 Å². The minimum absolute atomic E-state index is 0.0630. The van der Waals surface area contributed by atoms with Crippen molar-refractivity contribution in [1.82, 2.24) is 14.6 Å². The van der Waals surface area contributed by atoms with E-state index in [-0.39, 0.29) is 24.8 Å². The molecular weight excluding hydrogens is 567 g/mol. The first-order chi connectivity index (χ1) is 19.8. The quantitative estimate of drug-likeness (QED) is 0.257. The van der Waals surface area contributed by atoms with Crippen molar-refractivity contribution in [3.8, 4) is 5.75 Å². The predicted molar refractivity (Wildman–Crippen MR) is 153 cm³/mol.